The lowest BCUT2D eigenvalue weighted by Gasteiger charge is -2.33. The van der Waals surface area contributed by atoms with E-state index in [0.717, 1.165) is 31.7 Å². The number of thioether (sulfide) groups is 1. The summed E-state index contributed by atoms with van der Waals surface area (Å²) in [7, 11) is 2.07. The van der Waals surface area contributed by atoms with Crippen molar-refractivity contribution in [1.29, 1.82) is 0 Å². The molecule has 0 aliphatic carbocycles. The van der Waals surface area contributed by atoms with Gasteiger partial charge in [-0.05, 0) is 13.1 Å². The normalized spacial score (nSPS) is 22.2. The zero-order valence-corrected chi connectivity index (χ0v) is 15.4. The summed E-state index contributed by atoms with van der Waals surface area (Å²) in [6.45, 7) is 3.81. The Hall–Kier alpha value is -1.24. The average Bonchev–Trinajstić information content (AvgIpc) is 2.94. The maximum absolute atomic E-state index is 12.4. The lowest BCUT2D eigenvalue weighted by atomic mass is 10.2. The van der Waals surface area contributed by atoms with Gasteiger partial charge in [0.15, 0.2) is 0 Å². The van der Waals surface area contributed by atoms with Gasteiger partial charge in [0.1, 0.15) is 5.37 Å². The number of carbonyl (C=O) groups is 2. The fraction of sp³-hybridized carbons (Fsp3) is 0.529. The quantitative estimate of drug-likeness (QED) is 0.817. The summed E-state index contributed by atoms with van der Waals surface area (Å²) in [6, 6.07) is 7.61. The molecule has 0 saturated carbocycles. The van der Waals surface area contributed by atoms with Crippen LogP contribution in [0, 0.1) is 0 Å². The van der Waals surface area contributed by atoms with Crippen molar-refractivity contribution in [1.82, 2.24) is 14.7 Å². The molecule has 24 heavy (non-hydrogen) atoms. The van der Waals surface area contributed by atoms with Gasteiger partial charge < -0.3 is 14.7 Å². The van der Waals surface area contributed by atoms with E-state index in [-0.39, 0.29) is 17.2 Å². The molecule has 0 spiro atoms. The van der Waals surface area contributed by atoms with Crippen LogP contribution in [-0.4, -0.2) is 72.0 Å². The van der Waals surface area contributed by atoms with Crippen LogP contribution in [0.1, 0.15) is 17.4 Å². The van der Waals surface area contributed by atoms with E-state index >= 15 is 0 Å². The van der Waals surface area contributed by atoms with E-state index in [1.54, 1.807) is 16.7 Å². The number of benzene rings is 1. The molecule has 2 aliphatic heterocycles. The first-order chi connectivity index (χ1) is 11.6. The van der Waals surface area contributed by atoms with Crippen LogP contribution < -0.4 is 0 Å². The molecular formula is C17H22ClN3O2S. The third kappa shape index (κ3) is 3.87. The Morgan fingerprint density at radius 2 is 1.96 bits per heavy atom. The molecule has 2 amide bonds. The molecule has 3 rings (SSSR count). The number of likely N-dealkylation sites (N-methyl/N-ethyl adjacent to an activating group) is 1. The molecule has 1 unspecified atom stereocenters. The average molecular weight is 368 g/mol. The van der Waals surface area contributed by atoms with Crippen LogP contribution in [0.15, 0.2) is 24.3 Å². The topological polar surface area (TPSA) is 43.9 Å². The van der Waals surface area contributed by atoms with Gasteiger partial charge in [-0.25, -0.2) is 0 Å². The molecule has 1 aromatic rings. The molecule has 0 aromatic heterocycles. The molecule has 7 heteroatoms. The highest BCUT2D eigenvalue weighted by atomic mass is 35.5. The first-order valence-corrected chi connectivity index (χ1v) is 9.61. The predicted molar refractivity (Wildman–Crippen MR) is 97.1 cm³/mol. The molecule has 0 bridgehead atoms. The number of amides is 2. The third-order valence-electron chi connectivity index (χ3n) is 4.56. The molecule has 2 heterocycles. The Labute approximate surface area is 151 Å². The number of carbonyl (C=O) groups excluding carboxylic acids is 2. The van der Waals surface area contributed by atoms with E-state index in [0.29, 0.717) is 23.7 Å². The van der Waals surface area contributed by atoms with E-state index in [4.69, 9.17) is 11.6 Å². The van der Waals surface area contributed by atoms with Crippen LogP contribution in [0.25, 0.3) is 0 Å². The standard InChI is InChI=1S/C17H22ClN3O2S/c1-19-8-10-20(11-9-19)15(22)6-7-21-16(23)12-24-17(21)13-4-2-3-5-14(13)18/h2-5,17H,6-12H2,1H3. The van der Waals surface area contributed by atoms with Crippen molar-refractivity contribution < 1.29 is 9.59 Å². The molecule has 2 saturated heterocycles. The Balaban J connectivity index is 1.61. The van der Waals surface area contributed by atoms with E-state index in [9.17, 15) is 9.59 Å². The monoisotopic (exact) mass is 367 g/mol. The fourth-order valence-corrected chi connectivity index (χ4v) is 4.62. The van der Waals surface area contributed by atoms with Gasteiger partial charge in [-0.15, -0.1) is 11.8 Å². The van der Waals surface area contributed by atoms with Crippen LogP contribution >= 0.6 is 23.4 Å². The lowest BCUT2D eigenvalue weighted by Crippen LogP contribution is -2.47. The van der Waals surface area contributed by atoms with Crippen LogP contribution in [0.5, 0.6) is 0 Å². The zero-order chi connectivity index (χ0) is 17.1. The first kappa shape index (κ1) is 17.6. The highest BCUT2D eigenvalue weighted by Crippen LogP contribution is 2.41. The lowest BCUT2D eigenvalue weighted by molar-refractivity contribution is -0.134. The molecule has 0 radical (unpaired) electrons. The first-order valence-electron chi connectivity index (χ1n) is 8.18. The largest absolute Gasteiger partial charge is 0.340 e. The molecule has 0 N–H and O–H groups in total. The number of hydrogen-bond donors (Lipinski definition) is 0. The third-order valence-corrected chi connectivity index (χ3v) is 6.14. The molecule has 130 valence electrons. The Morgan fingerprint density at radius 3 is 2.67 bits per heavy atom. The SMILES string of the molecule is CN1CCN(C(=O)CCN2C(=O)CSC2c2ccccc2Cl)CC1. The van der Waals surface area contributed by atoms with Gasteiger partial charge in [0.2, 0.25) is 11.8 Å². The maximum Gasteiger partial charge on any atom is 0.233 e. The Kier molecular flexibility index (Phi) is 5.69. The molecule has 1 aromatic carbocycles. The summed E-state index contributed by atoms with van der Waals surface area (Å²) in [5.74, 6) is 0.653. The predicted octanol–water partition coefficient (Wildman–Crippen LogP) is 2.08. The molecular weight excluding hydrogens is 346 g/mol. The van der Waals surface area contributed by atoms with Crippen molar-refractivity contribution in [2.45, 2.75) is 11.8 Å². The number of rotatable bonds is 4. The molecule has 2 aliphatic rings. The van der Waals surface area contributed by atoms with Gasteiger partial charge in [0.05, 0.1) is 5.75 Å². The fourth-order valence-electron chi connectivity index (χ4n) is 3.06. The van der Waals surface area contributed by atoms with Gasteiger partial charge in [-0.2, -0.15) is 0 Å². The van der Waals surface area contributed by atoms with Crippen molar-refractivity contribution in [3.05, 3.63) is 34.9 Å². The van der Waals surface area contributed by atoms with Crippen LogP contribution in [0.4, 0.5) is 0 Å². The second-order valence-corrected chi connectivity index (χ2v) is 7.68. The van der Waals surface area contributed by atoms with E-state index in [1.165, 1.54) is 0 Å². The Morgan fingerprint density at radius 1 is 1.25 bits per heavy atom. The minimum atomic E-state index is -0.0912. The van der Waals surface area contributed by atoms with Crippen LogP contribution in [-0.2, 0) is 9.59 Å². The summed E-state index contributed by atoms with van der Waals surface area (Å²) in [4.78, 5) is 30.6. The van der Waals surface area contributed by atoms with Crippen LogP contribution in [0.3, 0.4) is 0 Å². The number of halogens is 1. The maximum atomic E-state index is 12.4. The second-order valence-electron chi connectivity index (χ2n) is 6.21. The van der Waals surface area contributed by atoms with Gasteiger partial charge in [-0.3, -0.25) is 9.59 Å². The summed E-state index contributed by atoms with van der Waals surface area (Å²) in [5.41, 5.74) is 0.946. The van der Waals surface area contributed by atoms with E-state index in [2.05, 4.69) is 11.9 Å². The van der Waals surface area contributed by atoms with E-state index in [1.807, 2.05) is 29.2 Å². The zero-order valence-electron chi connectivity index (χ0n) is 13.8. The van der Waals surface area contributed by atoms with Crippen molar-refractivity contribution in [3.8, 4) is 0 Å². The summed E-state index contributed by atoms with van der Waals surface area (Å²) >= 11 is 7.86. The second kappa shape index (κ2) is 7.76. The smallest absolute Gasteiger partial charge is 0.233 e. The summed E-state index contributed by atoms with van der Waals surface area (Å²) in [6.07, 6.45) is 0.372. The van der Waals surface area contributed by atoms with Crippen molar-refractivity contribution in [2.75, 3.05) is 45.5 Å². The highest BCUT2D eigenvalue weighted by molar-refractivity contribution is 8.00. The van der Waals surface area contributed by atoms with Gasteiger partial charge in [0.25, 0.3) is 0 Å². The van der Waals surface area contributed by atoms with Crippen molar-refractivity contribution in [2.24, 2.45) is 0 Å². The van der Waals surface area contributed by atoms with Gasteiger partial charge >= 0.3 is 0 Å². The molecule has 5 nitrogen and oxygen atoms in total. The summed E-state index contributed by atoms with van der Waals surface area (Å²) < 4.78 is 0. The number of nitrogens with zero attached hydrogens (tertiary/aromatic N) is 3. The summed E-state index contributed by atoms with van der Waals surface area (Å²) in [5, 5.41) is 0.576. The number of hydrogen-bond acceptors (Lipinski definition) is 4. The van der Waals surface area contributed by atoms with Gasteiger partial charge in [0, 0.05) is 49.7 Å². The highest BCUT2D eigenvalue weighted by Gasteiger charge is 2.34. The minimum Gasteiger partial charge on any atom is -0.340 e. The Bertz CT molecular complexity index is 620. The molecule has 1 atom stereocenters. The van der Waals surface area contributed by atoms with Crippen LogP contribution in [0.2, 0.25) is 5.02 Å². The number of piperazine rings is 1. The van der Waals surface area contributed by atoms with Gasteiger partial charge in [-0.1, -0.05) is 29.8 Å². The minimum absolute atomic E-state index is 0.0797. The van der Waals surface area contributed by atoms with Crippen molar-refractivity contribution in [3.63, 3.8) is 0 Å². The molecule has 2 fully saturated rings. The van der Waals surface area contributed by atoms with E-state index < -0.39 is 0 Å². The van der Waals surface area contributed by atoms with Crippen molar-refractivity contribution >= 4 is 35.2 Å².